The summed E-state index contributed by atoms with van der Waals surface area (Å²) in [6.07, 6.45) is -0.535. The second kappa shape index (κ2) is 4.68. The zero-order valence-electron chi connectivity index (χ0n) is 10.4. The number of hydrogen-bond acceptors (Lipinski definition) is 4. The van der Waals surface area contributed by atoms with Gasteiger partial charge < -0.3 is 14.2 Å². The summed E-state index contributed by atoms with van der Waals surface area (Å²) < 4.78 is 16.5. The number of nitrogens with one attached hydrogen (secondary N) is 1. The molecule has 0 aliphatic carbocycles. The Morgan fingerprint density at radius 1 is 1.39 bits per heavy atom. The van der Waals surface area contributed by atoms with Gasteiger partial charge in [0.25, 0.3) is 0 Å². The molecule has 0 atom stereocenters. The van der Waals surface area contributed by atoms with Gasteiger partial charge in [0.15, 0.2) is 11.5 Å². The molecule has 1 amide bonds. The molecule has 0 aromatic heterocycles. The predicted molar refractivity (Wildman–Crippen MR) is 70.1 cm³/mol. The number of benzene rings is 1. The molecule has 5 nitrogen and oxygen atoms in total. The van der Waals surface area contributed by atoms with Crippen molar-refractivity contribution in [3.05, 3.63) is 16.6 Å². The van der Waals surface area contributed by atoms with Crippen molar-refractivity contribution in [2.24, 2.45) is 0 Å². The monoisotopic (exact) mass is 315 g/mol. The van der Waals surface area contributed by atoms with E-state index < -0.39 is 11.7 Å². The second-order valence-electron chi connectivity index (χ2n) is 4.78. The quantitative estimate of drug-likeness (QED) is 0.861. The SMILES string of the molecule is CC(C)(C)OC(=O)Nc1c(Br)ccc2c1OCO2. The Hall–Kier alpha value is -1.43. The Balaban J connectivity index is 2.19. The maximum absolute atomic E-state index is 11.7. The topological polar surface area (TPSA) is 56.8 Å². The fourth-order valence-corrected chi connectivity index (χ4v) is 1.88. The predicted octanol–water partition coefficient (Wildman–Crippen LogP) is 3.52. The molecule has 0 saturated carbocycles. The highest BCUT2D eigenvalue weighted by Crippen LogP contribution is 2.43. The lowest BCUT2D eigenvalue weighted by Crippen LogP contribution is -2.27. The first-order chi connectivity index (χ1) is 8.37. The maximum Gasteiger partial charge on any atom is 0.412 e. The summed E-state index contributed by atoms with van der Waals surface area (Å²) >= 11 is 3.35. The van der Waals surface area contributed by atoms with Crippen LogP contribution < -0.4 is 14.8 Å². The molecule has 1 aliphatic rings. The summed E-state index contributed by atoms with van der Waals surface area (Å²) in [4.78, 5) is 11.7. The third-order valence-electron chi connectivity index (χ3n) is 2.11. The van der Waals surface area contributed by atoms with E-state index in [4.69, 9.17) is 14.2 Å². The molecule has 0 bridgehead atoms. The smallest absolute Gasteiger partial charge is 0.412 e. The summed E-state index contributed by atoms with van der Waals surface area (Å²) in [6, 6.07) is 3.55. The number of halogens is 1. The van der Waals surface area contributed by atoms with Gasteiger partial charge in [-0.1, -0.05) is 0 Å². The summed E-state index contributed by atoms with van der Waals surface area (Å²) in [7, 11) is 0. The summed E-state index contributed by atoms with van der Waals surface area (Å²) in [5.74, 6) is 1.11. The number of hydrogen-bond donors (Lipinski definition) is 1. The van der Waals surface area contributed by atoms with Crippen molar-refractivity contribution < 1.29 is 19.0 Å². The molecule has 1 aromatic carbocycles. The van der Waals surface area contributed by atoms with Gasteiger partial charge in [-0.25, -0.2) is 4.79 Å². The average Bonchev–Trinajstić information content (AvgIpc) is 2.67. The number of ether oxygens (including phenoxy) is 3. The lowest BCUT2D eigenvalue weighted by Gasteiger charge is -2.20. The summed E-state index contributed by atoms with van der Waals surface area (Å²) in [5.41, 5.74) is -0.0365. The Bertz CT molecular complexity index is 482. The third-order valence-corrected chi connectivity index (χ3v) is 2.78. The Morgan fingerprint density at radius 3 is 2.78 bits per heavy atom. The number of carbonyl (C=O) groups is 1. The molecule has 98 valence electrons. The first kappa shape index (κ1) is 13.0. The van der Waals surface area contributed by atoms with Crippen molar-refractivity contribution in [1.29, 1.82) is 0 Å². The molecule has 0 spiro atoms. The van der Waals surface area contributed by atoms with E-state index in [1.54, 1.807) is 32.9 Å². The van der Waals surface area contributed by atoms with Crippen molar-refractivity contribution in [1.82, 2.24) is 0 Å². The van der Waals surface area contributed by atoms with Gasteiger partial charge in [0, 0.05) is 4.47 Å². The molecule has 1 aliphatic heterocycles. The fourth-order valence-electron chi connectivity index (χ4n) is 1.47. The van der Waals surface area contributed by atoms with Crippen molar-refractivity contribution in [3.8, 4) is 11.5 Å². The Morgan fingerprint density at radius 2 is 2.11 bits per heavy atom. The van der Waals surface area contributed by atoms with Gasteiger partial charge in [-0.15, -0.1) is 0 Å². The molecular formula is C12H14BrNO4. The van der Waals surface area contributed by atoms with E-state index in [9.17, 15) is 4.79 Å². The Kier molecular flexibility index (Phi) is 3.38. The zero-order chi connectivity index (χ0) is 13.3. The number of rotatable bonds is 1. The number of anilines is 1. The fraction of sp³-hybridized carbons (Fsp3) is 0.417. The van der Waals surface area contributed by atoms with E-state index in [2.05, 4.69) is 21.2 Å². The zero-order valence-corrected chi connectivity index (χ0v) is 12.0. The van der Waals surface area contributed by atoms with Crippen molar-refractivity contribution in [2.75, 3.05) is 12.1 Å². The molecule has 0 unspecified atom stereocenters. The number of carbonyl (C=O) groups excluding carboxylic acids is 1. The van der Waals surface area contributed by atoms with Crippen LogP contribution in [0.25, 0.3) is 0 Å². The van der Waals surface area contributed by atoms with Gasteiger partial charge in [-0.05, 0) is 48.8 Å². The highest BCUT2D eigenvalue weighted by molar-refractivity contribution is 9.10. The minimum Gasteiger partial charge on any atom is -0.454 e. The van der Waals surface area contributed by atoms with Gasteiger partial charge >= 0.3 is 6.09 Å². The van der Waals surface area contributed by atoms with E-state index in [1.807, 2.05) is 0 Å². The van der Waals surface area contributed by atoms with E-state index in [0.717, 1.165) is 0 Å². The van der Waals surface area contributed by atoms with Crippen LogP contribution in [-0.2, 0) is 4.74 Å². The van der Waals surface area contributed by atoms with Gasteiger partial charge in [0.05, 0.1) is 0 Å². The highest BCUT2D eigenvalue weighted by Gasteiger charge is 2.23. The highest BCUT2D eigenvalue weighted by atomic mass is 79.9. The molecule has 1 heterocycles. The molecule has 0 radical (unpaired) electrons. The average molecular weight is 316 g/mol. The normalized spacial score (nSPS) is 13.3. The van der Waals surface area contributed by atoms with Crippen LogP contribution in [0.4, 0.5) is 10.5 Å². The molecule has 1 aromatic rings. The van der Waals surface area contributed by atoms with E-state index in [0.29, 0.717) is 21.7 Å². The van der Waals surface area contributed by atoms with Crippen LogP contribution in [-0.4, -0.2) is 18.5 Å². The minimum absolute atomic E-state index is 0.148. The standard InChI is InChI=1S/C12H14BrNO4/c1-12(2,3)18-11(15)14-9-7(13)4-5-8-10(9)17-6-16-8/h4-5H,6H2,1-3H3,(H,14,15). The number of fused-ring (bicyclic) bond motifs is 1. The lowest BCUT2D eigenvalue weighted by molar-refractivity contribution is 0.0635. The van der Waals surface area contributed by atoms with Crippen LogP contribution in [0.2, 0.25) is 0 Å². The van der Waals surface area contributed by atoms with Crippen LogP contribution in [0.15, 0.2) is 16.6 Å². The second-order valence-corrected chi connectivity index (χ2v) is 5.64. The molecule has 18 heavy (non-hydrogen) atoms. The molecule has 2 rings (SSSR count). The van der Waals surface area contributed by atoms with Crippen molar-refractivity contribution >= 4 is 27.7 Å². The van der Waals surface area contributed by atoms with E-state index in [-0.39, 0.29) is 6.79 Å². The largest absolute Gasteiger partial charge is 0.454 e. The third kappa shape index (κ3) is 2.87. The van der Waals surface area contributed by atoms with Gasteiger partial charge in [0.1, 0.15) is 11.3 Å². The van der Waals surface area contributed by atoms with Crippen LogP contribution in [0.1, 0.15) is 20.8 Å². The van der Waals surface area contributed by atoms with Crippen LogP contribution >= 0.6 is 15.9 Å². The summed E-state index contributed by atoms with van der Waals surface area (Å²) in [5, 5.41) is 2.65. The van der Waals surface area contributed by atoms with Crippen LogP contribution in [0, 0.1) is 0 Å². The minimum atomic E-state index is -0.550. The molecule has 0 fully saturated rings. The number of amides is 1. The molecule has 0 saturated heterocycles. The molecule has 1 N–H and O–H groups in total. The van der Waals surface area contributed by atoms with Crippen LogP contribution in [0.5, 0.6) is 11.5 Å². The van der Waals surface area contributed by atoms with Gasteiger partial charge in [-0.2, -0.15) is 0 Å². The van der Waals surface area contributed by atoms with Gasteiger partial charge in [-0.3, -0.25) is 5.32 Å². The maximum atomic E-state index is 11.7. The summed E-state index contributed by atoms with van der Waals surface area (Å²) in [6.45, 7) is 5.55. The van der Waals surface area contributed by atoms with Crippen LogP contribution in [0.3, 0.4) is 0 Å². The Labute approximate surface area is 114 Å². The van der Waals surface area contributed by atoms with E-state index in [1.165, 1.54) is 0 Å². The van der Waals surface area contributed by atoms with Crippen molar-refractivity contribution in [2.45, 2.75) is 26.4 Å². The van der Waals surface area contributed by atoms with E-state index >= 15 is 0 Å². The van der Waals surface area contributed by atoms with Crippen molar-refractivity contribution in [3.63, 3.8) is 0 Å². The molecule has 6 heteroatoms. The van der Waals surface area contributed by atoms with Gasteiger partial charge in [0.2, 0.25) is 6.79 Å². The lowest BCUT2D eigenvalue weighted by atomic mass is 10.2. The molecular weight excluding hydrogens is 302 g/mol. The first-order valence-corrected chi connectivity index (χ1v) is 6.24. The first-order valence-electron chi connectivity index (χ1n) is 5.45.